The SMILES string of the molecule is C#CC(C)NC(C)CC1COCCN1C(=O)OC(C)(C)C. The minimum Gasteiger partial charge on any atom is -0.444 e. The van der Waals surface area contributed by atoms with Crippen LogP contribution in [0.1, 0.15) is 41.0 Å². The first kappa shape index (κ1) is 17.8. The Bertz CT molecular complexity index is 384. The molecule has 1 saturated heterocycles. The summed E-state index contributed by atoms with van der Waals surface area (Å²) < 4.78 is 11.0. The Morgan fingerprint density at radius 1 is 1.52 bits per heavy atom. The van der Waals surface area contributed by atoms with E-state index in [2.05, 4.69) is 18.2 Å². The maximum atomic E-state index is 12.3. The summed E-state index contributed by atoms with van der Waals surface area (Å²) in [6, 6.07) is 0.230. The predicted molar refractivity (Wildman–Crippen MR) is 83.1 cm³/mol. The van der Waals surface area contributed by atoms with E-state index in [1.807, 2.05) is 27.7 Å². The Labute approximate surface area is 128 Å². The Hall–Kier alpha value is -1.25. The van der Waals surface area contributed by atoms with Gasteiger partial charge in [0, 0.05) is 12.6 Å². The fraction of sp³-hybridized carbons (Fsp3) is 0.812. The topological polar surface area (TPSA) is 50.8 Å². The second-order valence-corrected chi connectivity index (χ2v) is 6.59. The maximum Gasteiger partial charge on any atom is 0.410 e. The molecule has 3 atom stereocenters. The zero-order valence-electron chi connectivity index (χ0n) is 13.8. The Balaban J connectivity index is 2.61. The molecule has 5 nitrogen and oxygen atoms in total. The van der Waals surface area contributed by atoms with Crippen molar-refractivity contribution < 1.29 is 14.3 Å². The maximum absolute atomic E-state index is 12.3. The number of nitrogens with one attached hydrogen (secondary N) is 1. The van der Waals surface area contributed by atoms with Crippen LogP contribution in [0, 0.1) is 12.3 Å². The van der Waals surface area contributed by atoms with E-state index in [-0.39, 0.29) is 24.2 Å². The fourth-order valence-corrected chi connectivity index (χ4v) is 2.36. The van der Waals surface area contributed by atoms with Crippen molar-refractivity contribution in [1.29, 1.82) is 0 Å². The number of carbonyl (C=O) groups is 1. The highest BCUT2D eigenvalue weighted by Crippen LogP contribution is 2.17. The van der Waals surface area contributed by atoms with Gasteiger partial charge in [-0.2, -0.15) is 0 Å². The van der Waals surface area contributed by atoms with Crippen molar-refractivity contribution in [2.75, 3.05) is 19.8 Å². The molecule has 1 rings (SSSR count). The lowest BCUT2D eigenvalue weighted by atomic mass is 10.1. The predicted octanol–water partition coefficient (Wildman–Crippen LogP) is 2.01. The highest BCUT2D eigenvalue weighted by molar-refractivity contribution is 5.68. The van der Waals surface area contributed by atoms with Crippen molar-refractivity contribution in [2.24, 2.45) is 0 Å². The third kappa shape index (κ3) is 6.36. The minimum absolute atomic E-state index is 0.0134. The van der Waals surface area contributed by atoms with Crippen LogP contribution in [-0.2, 0) is 9.47 Å². The van der Waals surface area contributed by atoms with E-state index in [4.69, 9.17) is 15.9 Å². The van der Waals surface area contributed by atoms with Gasteiger partial charge in [0.25, 0.3) is 0 Å². The number of hydrogen-bond acceptors (Lipinski definition) is 4. The lowest BCUT2D eigenvalue weighted by molar-refractivity contribution is -0.0356. The van der Waals surface area contributed by atoms with Crippen LogP contribution in [0.4, 0.5) is 4.79 Å². The van der Waals surface area contributed by atoms with Crippen molar-refractivity contribution in [1.82, 2.24) is 10.2 Å². The summed E-state index contributed by atoms with van der Waals surface area (Å²) in [6.07, 6.45) is 5.89. The van der Waals surface area contributed by atoms with Gasteiger partial charge in [-0.3, -0.25) is 0 Å². The first-order valence-corrected chi connectivity index (χ1v) is 7.52. The average Bonchev–Trinajstić information content (AvgIpc) is 2.36. The number of hydrogen-bond donors (Lipinski definition) is 1. The minimum atomic E-state index is -0.484. The average molecular weight is 296 g/mol. The van der Waals surface area contributed by atoms with Gasteiger partial charge < -0.3 is 19.7 Å². The van der Waals surface area contributed by atoms with E-state index in [0.717, 1.165) is 6.42 Å². The molecule has 0 aliphatic carbocycles. The number of terminal acetylenes is 1. The number of amides is 1. The normalized spacial score (nSPS) is 22.3. The van der Waals surface area contributed by atoms with Gasteiger partial charge in [-0.25, -0.2) is 4.79 Å². The summed E-state index contributed by atoms with van der Waals surface area (Å²) in [4.78, 5) is 14.1. The van der Waals surface area contributed by atoms with E-state index in [1.165, 1.54) is 0 Å². The van der Waals surface area contributed by atoms with Gasteiger partial charge >= 0.3 is 6.09 Å². The van der Waals surface area contributed by atoms with Crippen LogP contribution >= 0.6 is 0 Å². The van der Waals surface area contributed by atoms with Crippen LogP contribution in [0.25, 0.3) is 0 Å². The molecular weight excluding hydrogens is 268 g/mol. The first-order valence-electron chi connectivity index (χ1n) is 7.52. The Morgan fingerprint density at radius 3 is 2.76 bits per heavy atom. The second kappa shape index (κ2) is 7.67. The summed E-state index contributed by atoms with van der Waals surface area (Å²) in [5, 5.41) is 3.31. The van der Waals surface area contributed by atoms with Crippen LogP contribution in [0.3, 0.4) is 0 Å². The van der Waals surface area contributed by atoms with Crippen molar-refractivity contribution in [3.8, 4) is 12.3 Å². The molecule has 120 valence electrons. The Morgan fingerprint density at radius 2 is 2.19 bits per heavy atom. The molecule has 5 heteroatoms. The largest absolute Gasteiger partial charge is 0.444 e. The number of rotatable bonds is 4. The summed E-state index contributed by atoms with van der Waals surface area (Å²) in [5.41, 5.74) is -0.484. The number of morpholine rings is 1. The molecule has 1 aliphatic rings. The molecule has 1 fully saturated rings. The van der Waals surface area contributed by atoms with Gasteiger partial charge in [0.05, 0.1) is 25.3 Å². The smallest absolute Gasteiger partial charge is 0.410 e. The summed E-state index contributed by atoms with van der Waals surface area (Å²) in [6.45, 7) is 11.3. The molecule has 0 spiro atoms. The Kier molecular flexibility index (Phi) is 6.50. The van der Waals surface area contributed by atoms with Crippen LogP contribution in [0.5, 0.6) is 0 Å². The van der Waals surface area contributed by atoms with Gasteiger partial charge in [-0.05, 0) is 41.0 Å². The van der Waals surface area contributed by atoms with Crippen LogP contribution in [-0.4, -0.2) is 54.5 Å². The first-order chi connectivity index (χ1) is 9.73. The van der Waals surface area contributed by atoms with E-state index in [9.17, 15) is 4.79 Å². The molecule has 0 aromatic carbocycles. The zero-order chi connectivity index (χ0) is 16.0. The third-order valence-corrected chi connectivity index (χ3v) is 3.27. The summed E-state index contributed by atoms with van der Waals surface area (Å²) in [7, 11) is 0. The van der Waals surface area contributed by atoms with Gasteiger partial charge in [0.15, 0.2) is 0 Å². The number of carbonyl (C=O) groups excluding carboxylic acids is 1. The molecule has 0 aromatic heterocycles. The van der Waals surface area contributed by atoms with E-state index in [0.29, 0.717) is 19.8 Å². The highest BCUT2D eigenvalue weighted by Gasteiger charge is 2.31. The van der Waals surface area contributed by atoms with Gasteiger partial charge in [0.1, 0.15) is 5.60 Å². The van der Waals surface area contributed by atoms with Crippen LogP contribution in [0.15, 0.2) is 0 Å². The molecule has 1 aliphatic heterocycles. The van der Waals surface area contributed by atoms with Gasteiger partial charge in [0.2, 0.25) is 0 Å². The van der Waals surface area contributed by atoms with Crippen molar-refractivity contribution in [3.63, 3.8) is 0 Å². The number of nitrogens with zero attached hydrogens (tertiary/aromatic N) is 1. The number of ether oxygens (including phenoxy) is 2. The summed E-state index contributed by atoms with van der Waals surface area (Å²) in [5.74, 6) is 2.65. The molecule has 0 bridgehead atoms. The highest BCUT2D eigenvalue weighted by atomic mass is 16.6. The summed E-state index contributed by atoms with van der Waals surface area (Å²) >= 11 is 0. The second-order valence-electron chi connectivity index (χ2n) is 6.59. The zero-order valence-corrected chi connectivity index (χ0v) is 13.8. The van der Waals surface area contributed by atoms with Crippen LogP contribution in [0.2, 0.25) is 0 Å². The van der Waals surface area contributed by atoms with Crippen LogP contribution < -0.4 is 5.32 Å². The standard InChI is InChI=1S/C16H28N2O3/c1-7-12(2)17-13(3)10-14-11-20-9-8-18(14)15(19)21-16(4,5)6/h1,12-14,17H,8-11H2,2-6H3. The molecule has 0 saturated carbocycles. The molecular formula is C16H28N2O3. The lowest BCUT2D eigenvalue weighted by Crippen LogP contribution is -2.52. The van der Waals surface area contributed by atoms with E-state index < -0.39 is 5.60 Å². The van der Waals surface area contributed by atoms with Gasteiger partial charge in [-0.15, -0.1) is 6.42 Å². The molecule has 3 unspecified atom stereocenters. The quantitative estimate of drug-likeness (QED) is 0.806. The molecule has 21 heavy (non-hydrogen) atoms. The van der Waals surface area contributed by atoms with Crippen molar-refractivity contribution in [2.45, 2.75) is 64.8 Å². The van der Waals surface area contributed by atoms with Crippen molar-refractivity contribution in [3.05, 3.63) is 0 Å². The third-order valence-electron chi connectivity index (χ3n) is 3.27. The molecule has 1 N–H and O–H groups in total. The molecule has 0 aromatic rings. The monoisotopic (exact) mass is 296 g/mol. The fourth-order valence-electron chi connectivity index (χ4n) is 2.36. The molecule has 0 radical (unpaired) electrons. The molecule has 1 heterocycles. The van der Waals surface area contributed by atoms with Crippen molar-refractivity contribution >= 4 is 6.09 Å². The van der Waals surface area contributed by atoms with Gasteiger partial charge in [-0.1, -0.05) is 5.92 Å². The molecule has 1 amide bonds. The van der Waals surface area contributed by atoms with E-state index in [1.54, 1.807) is 4.90 Å². The van der Waals surface area contributed by atoms with E-state index >= 15 is 0 Å². The lowest BCUT2D eigenvalue weighted by Gasteiger charge is -2.38.